The summed E-state index contributed by atoms with van der Waals surface area (Å²) in [6.07, 6.45) is 9.95. The molecule has 5 rings (SSSR count). The molecule has 0 radical (unpaired) electrons. The van der Waals surface area contributed by atoms with E-state index in [1.54, 1.807) is 31.7 Å². The van der Waals surface area contributed by atoms with Gasteiger partial charge in [-0.2, -0.15) is 0 Å². The number of carboxylic acids is 1. The van der Waals surface area contributed by atoms with Crippen LogP contribution in [-0.2, 0) is 11.2 Å². The molecular formula is C27H29N3O3. The van der Waals surface area contributed by atoms with E-state index in [4.69, 9.17) is 4.42 Å². The van der Waals surface area contributed by atoms with Gasteiger partial charge < -0.3 is 19.7 Å². The molecule has 2 unspecified atom stereocenters. The standard InChI is InChI=1S/C27H29N3O3/c1-27(26(31)32)11-12-28-17-25(27)29-16-20-5-3-4-19-14-21(8-9-23(19)20)30(2)22-7-6-18-10-13-33-24(18)15-22/h6-15,17,20,25,29H,3-5,16H2,1-2H3,(H,31,32)/t20-,25?,27?/m0/s1. The Labute approximate surface area is 193 Å². The van der Waals surface area contributed by atoms with E-state index in [9.17, 15) is 9.90 Å². The Morgan fingerprint density at radius 1 is 1.24 bits per heavy atom. The third kappa shape index (κ3) is 3.95. The Bertz CT molecular complexity index is 1240. The van der Waals surface area contributed by atoms with Crippen LogP contribution in [0.2, 0.25) is 0 Å². The third-order valence-electron chi connectivity index (χ3n) is 7.21. The van der Waals surface area contributed by atoms with Crippen molar-refractivity contribution < 1.29 is 14.3 Å². The highest BCUT2D eigenvalue weighted by Crippen LogP contribution is 2.36. The monoisotopic (exact) mass is 443 g/mol. The second-order valence-electron chi connectivity index (χ2n) is 9.26. The maximum atomic E-state index is 11.8. The summed E-state index contributed by atoms with van der Waals surface area (Å²) in [5.41, 5.74) is 4.86. The van der Waals surface area contributed by atoms with E-state index in [1.165, 1.54) is 11.1 Å². The molecule has 33 heavy (non-hydrogen) atoms. The van der Waals surface area contributed by atoms with Gasteiger partial charge in [-0.05, 0) is 79.6 Å². The quantitative estimate of drug-likeness (QED) is 0.543. The van der Waals surface area contributed by atoms with Crippen molar-refractivity contribution in [3.8, 4) is 0 Å². The molecule has 2 N–H and O–H groups in total. The van der Waals surface area contributed by atoms with Crippen LogP contribution in [0.5, 0.6) is 0 Å². The number of aliphatic imine (C=N–C) groups is 1. The summed E-state index contributed by atoms with van der Waals surface area (Å²) in [5.74, 6) is -0.489. The molecule has 0 spiro atoms. The third-order valence-corrected chi connectivity index (χ3v) is 7.21. The minimum absolute atomic E-state index is 0.327. The number of fused-ring (bicyclic) bond motifs is 2. The van der Waals surface area contributed by atoms with Crippen molar-refractivity contribution in [2.75, 3.05) is 18.5 Å². The average molecular weight is 444 g/mol. The van der Waals surface area contributed by atoms with E-state index in [2.05, 4.69) is 58.7 Å². The van der Waals surface area contributed by atoms with Crippen molar-refractivity contribution in [3.05, 3.63) is 72.1 Å². The van der Waals surface area contributed by atoms with Crippen LogP contribution in [0, 0.1) is 5.41 Å². The van der Waals surface area contributed by atoms with Crippen LogP contribution in [0.1, 0.15) is 36.8 Å². The zero-order chi connectivity index (χ0) is 23.0. The Morgan fingerprint density at radius 3 is 2.91 bits per heavy atom. The van der Waals surface area contributed by atoms with Gasteiger partial charge in [0.25, 0.3) is 0 Å². The van der Waals surface area contributed by atoms with Gasteiger partial charge in [0.2, 0.25) is 0 Å². The van der Waals surface area contributed by atoms with Gasteiger partial charge in [-0.1, -0.05) is 6.07 Å². The fraction of sp³-hybridized carbons (Fsp3) is 0.333. The number of carboxylic acid groups (broad SMARTS) is 1. The van der Waals surface area contributed by atoms with Crippen LogP contribution in [-0.4, -0.2) is 36.9 Å². The van der Waals surface area contributed by atoms with E-state index in [1.807, 2.05) is 6.07 Å². The van der Waals surface area contributed by atoms with E-state index in [0.717, 1.165) is 48.2 Å². The summed E-state index contributed by atoms with van der Waals surface area (Å²) in [4.78, 5) is 18.2. The minimum Gasteiger partial charge on any atom is -0.481 e. The first-order chi connectivity index (χ1) is 16.0. The van der Waals surface area contributed by atoms with Gasteiger partial charge >= 0.3 is 5.97 Å². The van der Waals surface area contributed by atoms with Crippen molar-refractivity contribution in [2.45, 2.75) is 38.1 Å². The van der Waals surface area contributed by atoms with Crippen molar-refractivity contribution in [1.82, 2.24) is 5.32 Å². The SMILES string of the molecule is CN(c1ccc2c(c1)CCC[C@H]2CNC1C=NC=CC1(C)C(=O)O)c1ccc2ccoc2c1. The lowest BCUT2D eigenvalue weighted by Gasteiger charge is -2.34. The Hall–Kier alpha value is -3.38. The van der Waals surface area contributed by atoms with Gasteiger partial charge in [0.05, 0.1) is 12.3 Å². The summed E-state index contributed by atoms with van der Waals surface area (Å²) < 4.78 is 5.57. The van der Waals surface area contributed by atoms with Gasteiger partial charge in [-0.3, -0.25) is 9.79 Å². The highest BCUT2D eigenvalue weighted by Gasteiger charge is 2.40. The van der Waals surface area contributed by atoms with E-state index in [-0.39, 0.29) is 6.04 Å². The second-order valence-corrected chi connectivity index (χ2v) is 9.26. The van der Waals surface area contributed by atoms with Gasteiger partial charge in [0.1, 0.15) is 11.0 Å². The fourth-order valence-electron chi connectivity index (χ4n) is 4.95. The molecule has 6 heteroatoms. The van der Waals surface area contributed by atoms with Crippen LogP contribution in [0.4, 0.5) is 11.4 Å². The first kappa shape index (κ1) is 21.5. The molecule has 0 saturated heterocycles. The number of rotatable bonds is 6. The summed E-state index contributed by atoms with van der Waals surface area (Å²) >= 11 is 0. The zero-order valence-corrected chi connectivity index (χ0v) is 19.0. The van der Waals surface area contributed by atoms with E-state index >= 15 is 0 Å². The number of nitrogens with one attached hydrogen (secondary N) is 1. The minimum atomic E-state index is -0.985. The smallest absolute Gasteiger partial charge is 0.315 e. The number of aliphatic carboxylic acids is 1. The molecule has 6 nitrogen and oxygen atoms in total. The lowest BCUT2D eigenvalue weighted by Crippen LogP contribution is -2.50. The molecule has 1 aliphatic heterocycles. The Morgan fingerprint density at radius 2 is 2.06 bits per heavy atom. The Balaban J connectivity index is 1.33. The summed E-state index contributed by atoms with van der Waals surface area (Å²) in [6.45, 7) is 2.47. The molecule has 2 heterocycles. The van der Waals surface area contributed by atoms with E-state index < -0.39 is 11.4 Å². The molecule has 2 aliphatic rings. The summed E-state index contributed by atoms with van der Waals surface area (Å²) in [7, 11) is 2.08. The zero-order valence-electron chi connectivity index (χ0n) is 19.0. The van der Waals surface area contributed by atoms with Gasteiger partial charge in [0, 0.05) is 48.8 Å². The first-order valence-electron chi connectivity index (χ1n) is 11.5. The molecule has 0 saturated carbocycles. The normalized spacial score (nSPS) is 24.1. The molecule has 0 bridgehead atoms. The predicted octanol–water partition coefficient (Wildman–Crippen LogP) is 5.27. The highest BCUT2D eigenvalue weighted by atomic mass is 16.4. The number of carbonyl (C=O) groups is 1. The van der Waals surface area contributed by atoms with Crippen LogP contribution in [0.25, 0.3) is 11.0 Å². The van der Waals surface area contributed by atoms with Gasteiger partial charge in [0.15, 0.2) is 0 Å². The molecule has 2 aromatic carbocycles. The van der Waals surface area contributed by atoms with Crippen molar-refractivity contribution in [3.63, 3.8) is 0 Å². The van der Waals surface area contributed by atoms with Crippen LogP contribution >= 0.6 is 0 Å². The largest absolute Gasteiger partial charge is 0.481 e. The fourth-order valence-corrected chi connectivity index (χ4v) is 4.95. The summed E-state index contributed by atoms with van der Waals surface area (Å²) in [6, 6.07) is 14.6. The molecule has 170 valence electrons. The lowest BCUT2D eigenvalue weighted by atomic mass is 9.79. The Kier molecular flexibility index (Phi) is 5.54. The molecule has 3 aromatic rings. The number of anilines is 2. The molecule has 1 aliphatic carbocycles. The molecule has 1 aromatic heterocycles. The number of aryl methyl sites for hydroxylation is 1. The number of furan rings is 1. The maximum Gasteiger partial charge on any atom is 0.315 e. The number of hydrogen-bond acceptors (Lipinski definition) is 5. The van der Waals surface area contributed by atoms with Crippen LogP contribution < -0.4 is 10.2 Å². The van der Waals surface area contributed by atoms with Gasteiger partial charge in [-0.25, -0.2) is 0 Å². The number of hydrogen-bond donors (Lipinski definition) is 2. The van der Waals surface area contributed by atoms with E-state index in [0.29, 0.717) is 5.92 Å². The van der Waals surface area contributed by atoms with Crippen LogP contribution in [0.15, 0.2) is 70.4 Å². The lowest BCUT2D eigenvalue weighted by molar-refractivity contribution is -0.145. The van der Waals surface area contributed by atoms with Crippen LogP contribution in [0.3, 0.4) is 0 Å². The molecule has 3 atom stereocenters. The number of benzene rings is 2. The highest BCUT2D eigenvalue weighted by molar-refractivity contribution is 5.85. The predicted molar refractivity (Wildman–Crippen MR) is 132 cm³/mol. The average Bonchev–Trinajstić information content (AvgIpc) is 3.30. The molecule has 0 amide bonds. The second kappa shape index (κ2) is 8.52. The van der Waals surface area contributed by atoms with Crippen molar-refractivity contribution >= 4 is 34.5 Å². The van der Waals surface area contributed by atoms with Crippen molar-refractivity contribution in [2.24, 2.45) is 10.4 Å². The molecular weight excluding hydrogens is 414 g/mol. The summed E-state index contributed by atoms with van der Waals surface area (Å²) in [5, 5.41) is 14.3. The van der Waals surface area contributed by atoms with Gasteiger partial charge in [-0.15, -0.1) is 0 Å². The topological polar surface area (TPSA) is 78.1 Å². The van der Waals surface area contributed by atoms with Crippen molar-refractivity contribution in [1.29, 1.82) is 0 Å². The maximum absolute atomic E-state index is 11.8. The number of nitrogens with zero attached hydrogens (tertiary/aromatic N) is 2. The first-order valence-corrected chi connectivity index (χ1v) is 11.5. The molecule has 0 fully saturated rings.